The molecule has 0 saturated carbocycles. The molecule has 7 rings (SSSR count). The third-order valence-electron chi connectivity index (χ3n) is 16.5. The number of aromatic nitrogens is 1. The van der Waals surface area contributed by atoms with Gasteiger partial charge in [-0.05, 0) is 99.7 Å². The van der Waals surface area contributed by atoms with Crippen molar-refractivity contribution in [2.75, 3.05) is 30.9 Å². The number of urea groups is 1. The van der Waals surface area contributed by atoms with E-state index < -0.39 is 107 Å². The van der Waals surface area contributed by atoms with Crippen LogP contribution in [0.4, 0.5) is 21.0 Å². The van der Waals surface area contributed by atoms with Crippen molar-refractivity contribution in [3.63, 3.8) is 0 Å². The van der Waals surface area contributed by atoms with Crippen LogP contribution in [0.25, 0.3) is 10.9 Å². The number of primary amides is 1. The van der Waals surface area contributed by atoms with E-state index in [1.54, 1.807) is 71.2 Å². The number of hydrogen-bond acceptors (Lipinski definition) is 17. The maximum absolute atomic E-state index is 14.5. The zero-order valence-electron chi connectivity index (χ0n) is 49.9. The van der Waals surface area contributed by atoms with E-state index >= 15 is 0 Å². The van der Waals surface area contributed by atoms with Crippen molar-refractivity contribution >= 4 is 93.1 Å². The fourth-order valence-electron chi connectivity index (χ4n) is 11.4. The predicted molar refractivity (Wildman–Crippen MR) is 315 cm³/mol. The van der Waals surface area contributed by atoms with Crippen molar-refractivity contribution in [1.82, 2.24) is 20.7 Å². The average Bonchev–Trinajstić information content (AvgIpc) is 1.63. The summed E-state index contributed by atoms with van der Waals surface area (Å²) in [5.41, 5.74) is 6.32. The number of anilines is 2. The van der Waals surface area contributed by atoms with Gasteiger partial charge in [-0.3, -0.25) is 43.9 Å². The number of allylic oxidation sites excluding steroid dienone is 3. The minimum Gasteiger partial charge on any atom is -0.462 e. The van der Waals surface area contributed by atoms with Crippen molar-refractivity contribution in [3.8, 4) is 0 Å². The Hall–Kier alpha value is -7.60. The number of esters is 1. The number of epoxide rings is 1. The van der Waals surface area contributed by atoms with Gasteiger partial charge in [0.2, 0.25) is 11.8 Å². The van der Waals surface area contributed by atoms with Crippen LogP contribution in [0.3, 0.4) is 0 Å². The molecule has 24 heteroatoms. The van der Waals surface area contributed by atoms with Crippen LogP contribution in [0.15, 0.2) is 66.4 Å². The zero-order valence-corrected chi connectivity index (χ0v) is 50.6. The summed E-state index contributed by atoms with van der Waals surface area (Å²) in [4.78, 5) is 142. The zero-order chi connectivity index (χ0) is 62.8. The minimum atomic E-state index is -1.65. The van der Waals surface area contributed by atoms with Crippen LogP contribution < -0.4 is 26.6 Å². The molecule has 7 amide bonds. The van der Waals surface area contributed by atoms with Gasteiger partial charge in [0.1, 0.15) is 35.3 Å². The highest BCUT2D eigenvalue weighted by molar-refractivity contribution is 6.34. The topological polar surface area (TPSA) is 322 Å². The van der Waals surface area contributed by atoms with Gasteiger partial charge in [0, 0.05) is 89.1 Å². The Labute approximate surface area is 504 Å². The molecule has 0 aliphatic carbocycles. The van der Waals surface area contributed by atoms with Crippen molar-refractivity contribution in [2.45, 2.75) is 173 Å². The van der Waals surface area contributed by atoms with Crippen molar-refractivity contribution in [2.24, 2.45) is 23.5 Å². The van der Waals surface area contributed by atoms with Gasteiger partial charge in [-0.1, -0.05) is 68.3 Å². The third kappa shape index (κ3) is 16.5. The molecule has 0 unspecified atom stereocenters. The number of hydrogen-bond donors (Lipinski definition) is 5. The first-order valence-corrected chi connectivity index (χ1v) is 29.4. The highest BCUT2D eigenvalue weighted by atomic mass is 35.5. The lowest BCUT2D eigenvalue weighted by Gasteiger charge is -2.41. The molecule has 0 radical (unpaired) electrons. The maximum atomic E-state index is 14.5. The number of unbranched alkanes of at least 4 members (excludes halogenated alkanes) is 1. The summed E-state index contributed by atoms with van der Waals surface area (Å²) in [7, 11) is 3.04. The van der Waals surface area contributed by atoms with Crippen LogP contribution in [0.2, 0.25) is 5.02 Å². The normalized spacial score (nSPS) is 25.1. The minimum absolute atomic E-state index is 0.00407. The molecule has 1 aromatic heterocycles. The van der Waals surface area contributed by atoms with Gasteiger partial charge in [-0.25, -0.2) is 14.4 Å². The van der Waals surface area contributed by atoms with Crippen LogP contribution in [0, 0.1) is 24.7 Å². The number of amides is 7. The van der Waals surface area contributed by atoms with E-state index in [4.69, 9.17) is 41.1 Å². The monoisotopic (exact) mass is 1210 g/mol. The summed E-state index contributed by atoms with van der Waals surface area (Å²) in [6.45, 7) is 10.9. The van der Waals surface area contributed by atoms with Crippen LogP contribution in [-0.4, -0.2) is 137 Å². The van der Waals surface area contributed by atoms with Gasteiger partial charge in [0.05, 0.1) is 46.9 Å². The van der Waals surface area contributed by atoms with Gasteiger partial charge >= 0.3 is 24.1 Å². The number of aliphatic hydroxyl groups is 1. The second kappa shape index (κ2) is 28.7. The number of hydroxylamine groups is 2. The average molecular weight is 1210 g/mol. The number of nitrogens with zero attached hydrogens (tertiary/aromatic N) is 3. The lowest BCUT2D eigenvalue weighted by Crippen LogP contribution is -2.53. The van der Waals surface area contributed by atoms with Crippen LogP contribution >= 0.6 is 11.6 Å². The summed E-state index contributed by atoms with van der Waals surface area (Å²) < 4.78 is 24.2. The number of nitrogens with one attached hydrogen (secondary N) is 3. The van der Waals surface area contributed by atoms with Crippen molar-refractivity contribution in [3.05, 3.63) is 88.1 Å². The second-order valence-electron chi connectivity index (χ2n) is 23.4. The first-order valence-electron chi connectivity index (χ1n) is 29.0. The largest absolute Gasteiger partial charge is 0.462 e. The van der Waals surface area contributed by atoms with E-state index in [0.717, 1.165) is 16.7 Å². The summed E-state index contributed by atoms with van der Waals surface area (Å²) >= 11 is 6.88. The fraction of sp³-hybridized carbons (Fsp3) is 0.532. The molecule has 3 saturated heterocycles. The number of nitrogens with two attached hydrogens (primary N) is 1. The first-order chi connectivity index (χ1) is 40.7. The number of benzene rings is 2. The molecule has 3 aromatic rings. The van der Waals surface area contributed by atoms with E-state index in [1.807, 2.05) is 32.1 Å². The van der Waals surface area contributed by atoms with E-state index in [1.165, 1.54) is 18.2 Å². The SMILES string of the molecule is CO[C@@H]1/C=C/C=C(\C)Cc2cc(C)c(Cl)c(c2)N(C)C(=O)C[C@H](OC(=O)Nc2ccc(CC(=O)[C@H](CCCNC(N)=O)NC(=O)[C@@H](CC(=O)CCCCC(=O)ON3C(=O)CCC3=O)C(C)C)c3ncccc23)[C@]2(C)O[C@H]2[C@H](C)[C@@H]2C[C@@]1(O)CC(=O)O2. The highest BCUT2D eigenvalue weighted by Crippen LogP contribution is 2.50. The number of carbonyl (C=O) groups excluding carboxylic acids is 10. The molecule has 2 aromatic carbocycles. The van der Waals surface area contributed by atoms with Gasteiger partial charge in [0.15, 0.2) is 5.78 Å². The third-order valence-corrected chi connectivity index (χ3v) is 16.9. The molecule has 23 nitrogen and oxygen atoms in total. The molecule has 4 bridgehead atoms. The van der Waals surface area contributed by atoms with Gasteiger partial charge < -0.3 is 50.2 Å². The number of aryl methyl sites for hydroxylation is 1. The van der Waals surface area contributed by atoms with Crippen molar-refractivity contribution in [1.29, 1.82) is 0 Å². The molecular weight excluding hydrogens is 1130 g/mol. The molecular formula is C62H78ClN7O16. The summed E-state index contributed by atoms with van der Waals surface area (Å²) in [5, 5.41) is 21.4. The Bertz CT molecular complexity index is 3170. The summed E-state index contributed by atoms with van der Waals surface area (Å²) in [6.07, 6.45) is 2.20. The number of Topliss-reactive ketones (excluding diaryl/α,β-unsaturated/α-hetero) is 2. The van der Waals surface area contributed by atoms with Crippen LogP contribution in [-0.2, 0) is 75.0 Å². The second-order valence-corrected chi connectivity index (χ2v) is 23.8. The number of carbonyl (C=O) groups is 10. The fourth-order valence-corrected chi connectivity index (χ4v) is 11.7. The van der Waals surface area contributed by atoms with Crippen molar-refractivity contribution < 1.29 is 76.8 Å². The number of pyridine rings is 1. The van der Waals surface area contributed by atoms with E-state index in [0.29, 0.717) is 38.7 Å². The molecule has 4 aliphatic rings. The lowest BCUT2D eigenvalue weighted by atomic mass is 9.78. The molecule has 5 heterocycles. The molecule has 86 heavy (non-hydrogen) atoms. The standard InChI is InChI=1S/C62H78ClN7O16/c1-34(2)42(30-40(71)15-9-10-19-53(76)86-70-50(73)22-23-51(70)74)58(78)67-44(17-13-25-66-59(64)79)46(72)29-39-20-21-43(41-16-12-24-65-56(39)41)68-60(80)84-49-31-52(75)69(7)45-28-38(27-36(4)55(45)63)26-35(3)14-11-18-48(82-8)62(81)32-47(83-54(77)33-62)37(5)57-61(49,6)85-57/h11-12,14,16,18,20-21,24,27-28,34,37,42,44,47-49,57,81H,9-10,13,15,17,19,22-23,25-26,29-33H2,1-8H3,(H,67,78)(H,68,80)(H3,64,66,79)/b18-11+,35-14+/t37-,42+,44+,47+,48-,49+,57+,61+,62-/m1/s1. The molecule has 4 aliphatic heterocycles. The van der Waals surface area contributed by atoms with Gasteiger partial charge in [0.25, 0.3) is 11.8 Å². The number of methoxy groups -OCH3 is 1. The number of ether oxygens (including phenoxy) is 4. The lowest BCUT2D eigenvalue weighted by molar-refractivity contribution is -0.197. The Morgan fingerprint density at radius 3 is 2.41 bits per heavy atom. The Morgan fingerprint density at radius 1 is 0.988 bits per heavy atom. The van der Waals surface area contributed by atoms with Gasteiger partial charge in [-0.15, -0.1) is 5.06 Å². The number of rotatable bonds is 21. The first kappa shape index (κ1) is 65.9. The molecule has 9 atom stereocenters. The number of fused-ring (bicyclic) bond motifs is 6. The van der Waals surface area contributed by atoms with Crippen LogP contribution in [0.1, 0.15) is 128 Å². The quantitative estimate of drug-likeness (QED) is 0.0313. The molecule has 0 spiro atoms. The molecule has 3 fully saturated rings. The highest BCUT2D eigenvalue weighted by Gasteiger charge is 2.64. The molecule has 6 N–H and O–H groups in total. The van der Waals surface area contributed by atoms with Crippen LogP contribution in [0.5, 0.6) is 0 Å². The number of imide groups is 1. The van der Waals surface area contributed by atoms with E-state index in [-0.39, 0.29) is 107 Å². The predicted octanol–water partition coefficient (Wildman–Crippen LogP) is 6.91. The Balaban J connectivity index is 1.08. The van der Waals surface area contributed by atoms with E-state index in [2.05, 4.69) is 20.9 Å². The maximum Gasteiger partial charge on any atom is 0.412 e. The smallest absolute Gasteiger partial charge is 0.412 e. The number of ketones is 2. The van der Waals surface area contributed by atoms with E-state index in [9.17, 15) is 53.1 Å². The number of halogens is 1. The van der Waals surface area contributed by atoms with Gasteiger partial charge in [-0.2, -0.15) is 0 Å². The summed E-state index contributed by atoms with van der Waals surface area (Å²) in [5.74, 6) is -6.04. The summed E-state index contributed by atoms with van der Waals surface area (Å²) in [6, 6.07) is 8.39. The Kier molecular flexibility index (Phi) is 22.0. The Morgan fingerprint density at radius 2 is 1.71 bits per heavy atom. The molecule has 464 valence electrons.